The van der Waals surface area contributed by atoms with Crippen molar-refractivity contribution in [2.45, 2.75) is 18.8 Å². The van der Waals surface area contributed by atoms with Crippen LogP contribution in [0, 0.1) is 0 Å². The van der Waals surface area contributed by atoms with E-state index in [0.717, 1.165) is 24.0 Å². The first kappa shape index (κ1) is 11.6. The molecule has 1 aliphatic rings. The molecule has 0 bridgehead atoms. The van der Waals surface area contributed by atoms with Gasteiger partial charge in [-0.3, -0.25) is 4.98 Å². The van der Waals surface area contributed by atoms with Crippen molar-refractivity contribution in [1.29, 1.82) is 0 Å². The van der Waals surface area contributed by atoms with E-state index < -0.39 is 0 Å². The number of hydrogen-bond donors (Lipinski definition) is 2. The standard InChI is InChI=1S/C12H15N5S/c1-2-9(6-13-3-1)10-8-18-12(16-10)17-11-7-14-4-5-15-11/h4-5,7-9,13H,1-3,6H2,(H,15,16,17). The lowest BCUT2D eigenvalue weighted by Gasteiger charge is -2.20. The molecule has 1 atom stereocenters. The highest BCUT2D eigenvalue weighted by Gasteiger charge is 2.17. The van der Waals surface area contributed by atoms with Crippen molar-refractivity contribution in [3.63, 3.8) is 0 Å². The molecule has 2 N–H and O–H groups in total. The van der Waals surface area contributed by atoms with Gasteiger partial charge in [-0.05, 0) is 19.4 Å². The van der Waals surface area contributed by atoms with E-state index in [1.165, 1.54) is 18.5 Å². The van der Waals surface area contributed by atoms with Crippen LogP contribution in [-0.4, -0.2) is 28.0 Å². The Hall–Kier alpha value is -1.53. The Kier molecular flexibility index (Phi) is 3.47. The lowest BCUT2D eigenvalue weighted by Crippen LogP contribution is -2.28. The van der Waals surface area contributed by atoms with Crippen molar-refractivity contribution in [1.82, 2.24) is 20.3 Å². The summed E-state index contributed by atoms with van der Waals surface area (Å²) in [5.41, 5.74) is 1.18. The molecule has 94 valence electrons. The number of thiazole rings is 1. The summed E-state index contributed by atoms with van der Waals surface area (Å²) in [7, 11) is 0. The van der Waals surface area contributed by atoms with Crippen molar-refractivity contribution in [2.24, 2.45) is 0 Å². The van der Waals surface area contributed by atoms with E-state index in [9.17, 15) is 0 Å². The molecule has 0 amide bonds. The molecule has 2 aromatic heterocycles. The average Bonchev–Trinajstić information content (AvgIpc) is 2.89. The second kappa shape index (κ2) is 5.41. The van der Waals surface area contributed by atoms with E-state index >= 15 is 0 Å². The van der Waals surface area contributed by atoms with Gasteiger partial charge < -0.3 is 10.6 Å². The fourth-order valence-corrected chi connectivity index (χ4v) is 2.91. The van der Waals surface area contributed by atoms with E-state index in [1.807, 2.05) is 0 Å². The zero-order valence-electron chi connectivity index (χ0n) is 9.97. The van der Waals surface area contributed by atoms with Gasteiger partial charge in [0.15, 0.2) is 10.9 Å². The van der Waals surface area contributed by atoms with Crippen LogP contribution in [0.15, 0.2) is 24.0 Å². The minimum absolute atomic E-state index is 0.549. The largest absolute Gasteiger partial charge is 0.316 e. The predicted octanol–water partition coefficient (Wildman–Crippen LogP) is 2.14. The Morgan fingerprint density at radius 2 is 2.39 bits per heavy atom. The molecule has 18 heavy (non-hydrogen) atoms. The molecule has 3 heterocycles. The van der Waals surface area contributed by atoms with E-state index in [1.54, 1.807) is 29.9 Å². The van der Waals surface area contributed by atoms with Crippen LogP contribution in [0.3, 0.4) is 0 Å². The van der Waals surface area contributed by atoms with E-state index in [-0.39, 0.29) is 0 Å². The summed E-state index contributed by atoms with van der Waals surface area (Å²) in [4.78, 5) is 12.8. The van der Waals surface area contributed by atoms with Crippen LogP contribution in [-0.2, 0) is 0 Å². The molecule has 0 saturated carbocycles. The highest BCUT2D eigenvalue weighted by molar-refractivity contribution is 7.13. The second-order valence-corrected chi connectivity index (χ2v) is 5.19. The monoisotopic (exact) mass is 261 g/mol. The van der Waals surface area contributed by atoms with Crippen LogP contribution < -0.4 is 10.6 Å². The first-order valence-corrected chi connectivity index (χ1v) is 6.99. The van der Waals surface area contributed by atoms with Crippen molar-refractivity contribution in [3.05, 3.63) is 29.7 Å². The van der Waals surface area contributed by atoms with Gasteiger partial charge >= 0.3 is 0 Å². The van der Waals surface area contributed by atoms with Gasteiger partial charge in [-0.1, -0.05) is 0 Å². The van der Waals surface area contributed by atoms with Gasteiger partial charge in [-0.15, -0.1) is 11.3 Å². The fraction of sp³-hybridized carbons (Fsp3) is 0.417. The maximum atomic E-state index is 4.63. The first-order valence-electron chi connectivity index (χ1n) is 6.11. The Labute approximate surface area is 110 Å². The molecule has 0 aromatic carbocycles. The summed E-state index contributed by atoms with van der Waals surface area (Å²) >= 11 is 1.62. The molecule has 0 radical (unpaired) electrons. The van der Waals surface area contributed by atoms with Crippen LogP contribution in [0.1, 0.15) is 24.5 Å². The van der Waals surface area contributed by atoms with Gasteiger partial charge in [-0.25, -0.2) is 9.97 Å². The lowest BCUT2D eigenvalue weighted by molar-refractivity contribution is 0.456. The second-order valence-electron chi connectivity index (χ2n) is 4.34. The number of aromatic nitrogens is 3. The summed E-state index contributed by atoms with van der Waals surface area (Å²) in [5, 5.41) is 9.61. The minimum atomic E-state index is 0.549. The summed E-state index contributed by atoms with van der Waals surface area (Å²) in [6.07, 6.45) is 7.48. The van der Waals surface area contributed by atoms with Crippen LogP contribution >= 0.6 is 11.3 Å². The molecule has 6 heteroatoms. The first-order chi connectivity index (χ1) is 8.92. The summed E-state index contributed by atoms with van der Waals surface area (Å²) in [6.45, 7) is 2.17. The maximum Gasteiger partial charge on any atom is 0.188 e. The SMILES string of the molecule is c1cnc(Nc2nc(C3CCCNC3)cs2)cn1. The molecule has 2 aromatic rings. The Morgan fingerprint density at radius 1 is 1.39 bits per heavy atom. The van der Waals surface area contributed by atoms with Crippen molar-refractivity contribution >= 4 is 22.3 Å². The van der Waals surface area contributed by atoms with Gasteiger partial charge in [0.2, 0.25) is 0 Å². The summed E-state index contributed by atoms with van der Waals surface area (Å²) in [5.74, 6) is 1.28. The number of nitrogens with one attached hydrogen (secondary N) is 2. The Balaban J connectivity index is 1.69. The van der Waals surface area contributed by atoms with Crippen LogP contribution in [0.25, 0.3) is 0 Å². The molecule has 1 unspecified atom stereocenters. The number of nitrogens with zero attached hydrogens (tertiary/aromatic N) is 3. The highest BCUT2D eigenvalue weighted by atomic mass is 32.1. The molecular formula is C12H15N5S. The molecule has 3 rings (SSSR count). The van der Waals surface area contributed by atoms with Crippen molar-refractivity contribution in [2.75, 3.05) is 18.4 Å². The number of hydrogen-bond acceptors (Lipinski definition) is 6. The van der Waals surface area contributed by atoms with Gasteiger partial charge in [0.1, 0.15) is 0 Å². The third-order valence-corrected chi connectivity index (χ3v) is 3.81. The summed E-state index contributed by atoms with van der Waals surface area (Å²) in [6, 6.07) is 0. The van der Waals surface area contributed by atoms with Gasteiger partial charge in [0.25, 0.3) is 0 Å². The quantitative estimate of drug-likeness (QED) is 0.886. The number of anilines is 2. The molecular weight excluding hydrogens is 246 g/mol. The maximum absolute atomic E-state index is 4.63. The zero-order valence-corrected chi connectivity index (χ0v) is 10.8. The third kappa shape index (κ3) is 2.65. The average molecular weight is 261 g/mol. The van der Waals surface area contributed by atoms with E-state index in [0.29, 0.717) is 5.92 Å². The van der Waals surface area contributed by atoms with E-state index in [2.05, 4.69) is 31.0 Å². The molecule has 5 nitrogen and oxygen atoms in total. The lowest BCUT2D eigenvalue weighted by atomic mass is 9.97. The Bertz CT molecular complexity index is 492. The van der Waals surface area contributed by atoms with Crippen LogP contribution in [0.2, 0.25) is 0 Å². The fourth-order valence-electron chi connectivity index (χ4n) is 2.11. The van der Waals surface area contributed by atoms with E-state index in [4.69, 9.17) is 0 Å². The number of piperidine rings is 1. The Morgan fingerprint density at radius 3 is 3.17 bits per heavy atom. The summed E-state index contributed by atoms with van der Waals surface area (Å²) < 4.78 is 0. The molecule has 0 aliphatic carbocycles. The predicted molar refractivity (Wildman–Crippen MR) is 72.3 cm³/mol. The smallest absolute Gasteiger partial charge is 0.188 e. The van der Waals surface area contributed by atoms with Crippen molar-refractivity contribution < 1.29 is 0 Å². The number of rotatable bonds is 3. The topological polar surface area (TPSA) is 62.7 Å². The molecule has 1 saturated heterocycles. The van der Waals surface area contributed by atoms with Crippen LogP contribution in [0.4, 0.5) is 10.9 Å². The van der Waals surface area contributed by atoms with Gasteiger partial charge in [0, 0.05) is 30.2 Å². The normalized spacial score (nSPS) is 19.7. The molecule has 0 spiro atoms. The molecule has 1 aliphatic heterocycles. The highest BCUT2D eigenvalue weighted by Crippen LogP contribution is 2.27. The van der Waals surface area contributed by atoms with Crippen molar-refractivity contribution in [3.8, 4) is 0 Å². The van der Waals surface area contributed by atoms with Crippen LogP contribution in [0.5, 0.6) is 0 Å². The third-order valence-electron chi connectivity index (χ3n) is 3.04. The zero-order chi connectivity index (χ0) is 12.2. The molecule has 1 fully saturated rings. The minimum Gasteiger partial charge on any atom is -0.316 e. The van der Waals surface area contributed by atoms with Gasteiger partial charge in [-0.2, -0.15) is 0 Å². The van der Waals surface area contributed by atoms with Gasteiger partial charge in [0.05, 0.1) is 11.9 Å².